The minimum absolute atomic E-state index is 0.107. The fraction of sp³-hybridized carbons (Fsp3) is 0.333. The number of ether oxygens (including phenoxy) is 2. The monoisotopic (exact) mass is 370 g/mol. The van der Waals surface area contributed by atoms with Crippen molar-refractivity contribution >= 4 is 17.5 Å². The molecule has 0 aliphatic heterocycles. The highest BCUT2D eigenvalue weighted by Gasteiger charge is 2.16. The smallest absolute Gasteiger partial charge is 0.223 e. The zero-order valence-electron chi connectivity index (χ0n) is 16.2. The molecular weight excluding hydrogens is 344 g/mol. The molecule has 0 atom stereocenters. The van der Waals surface area contributed by atoms with Crippen molar-refractivity contribution in [2.75, 3.05) is 25.7 Å². The van der Waals surface area contributed by atoms with Gasteiger partial charge in [0, 0.05) is 38.2 Å². The third kappa shape index (κ3) is 5.48. The Hall–Kier alpha value is -3.02. The van der Waals surface area contributed by atoms with Crippen LogP contribution < -0.4 is 19.7 Å². The van der Waals surface area contributed by atoms with Gasteiger partial charge in [0.1, 0.15) is 0 Å². The van der Waals surface area contributed by atoms with Crippen LogP contribution in [0.1, 0.15) is 24.5 Å². The number of nitrogens with one attached hydrogen (secondary N) is 1. The Kier molecular flexibility index (Phi) is 7.23. The maximum absolute atomic E-state index is 12.2. The molecule has 0 saturated heterocycles. The lowest BCUT2D eigenvalue weighted by Crippen LogP contribution is -2.33. The van der Waals surface area contributed by atoms with Crippen LogP contribution in [-0.2, 0) is 16.1 Å². The zero-order valence-corrected chi connectivity index (χ0v) is 16.2. The van der Waals surface area contributed by atoms with Crippen molar-refractivity contribution in [3.8, 4) is 11.5 Å². The van der Waals surface area contributed by atoms with Gasteiger partial charge in [0.25, 0.3) is 0 Å². The number of methoxy groups -OCH3 is 2. The van der Waals surface area contributed by atoms with E-state index in [4.69, 9.17) is 9.47 Å². The van der Waals surface area contributed by atoms with Gasteiger partial charge in [0.05, 0.1) is 14.2 Å². The Morgan fingerprint density at radius 2 is 1.74 bits per heavy atom. The topological polar surface area (TPSA) is 67.9 Å². The van der Waals surface area contributed by atoms with Gasteiger partial charge < -0.3 is 19.7 Å². The summed E-state index contributed by atoms with van der Waals surface area (Å²) >= 11 is 0. The Labute approximate surface area is 160 Å². The first-order valence-corrected chi connectivity index (χ1v) is 8.77. The molecule has 0 aliphatic carbocycles. The molecule has 6 heteroatoms. The molecule has 0 spiro atoms. The largest absolute Gasteiger partial charge is 0.493 e. The number of nitrogens with zero attached hydrogens (tertiary/aromatic N) is 1. The van der Waals surface area contributed by atoms with E-state index < -0.39 is 0 Å². The van der Waals surface area contributed by atoms with Crippen LogP contribution in [0.2, 0.25) is 0 Å². The molecule has 1 N–H and O–H groups in total. The van der Waals surface area contributed by atoms with Gasteiger partial charge in [0.2, 0.25) is 11.8 Å². The SMILES string of the molecule is COc1ccc(N(CCC(=O)NCc2ccccc2C)C(C)=O)cc1OC. The van der Waals surface area contributed by atoms with Crippen LogP contribution >= 0.6 is 0 Å². The van der Waals surface area contributed by atoms with E-state index in [-0.39, 0.29) is 24.8 Å². The summed E-state index contributed by atoms with van der Waals surface area (Å²) in [5.74, 6) is 0.866. The van der Waals surface area contributed by atoms with Gasteiger partial charge in [-0.1, -0.05) is 24.3 Å². The van der Waals surface area contributed by atoms with E-state index in [0.29, 0.717) is 23.7 Å². The molecule has 6 nitrogen and oxygen atoms in total. The normalized spacial score (nSPS) is 10.2. The number of carbonyl (C=O) groups is 2. The molecule has 0 fully saturated rings. The van der Waals surface area contributed by atoms with Crippen molar-refractivity contribution in [3.63, 3.8) is 0 Å². The van der Waals surface area contributed by atoms with Crippen LogP contribution in [0.4, 0.5) is 5.69 Å². The van der Waals surface area contributed by atoms with Gasteiger partial charge in [-0.25, -0.2) is 0 Å². The van der Waals surface area contributed by atoms with E-state index in [0.717, 1.165) is 11.1 Å². The molecule has 2 aromatic rings. The van der Waals surface area contributed by atoms with Gasteiger partial charge in [-0.15, -0.1) is 0 Å². The molecule has 0 unspecified atom stereocenters. The third-order valence-electron chi connectivity index (χ3n) is 4.36. The molecule has 0 radical (unpaired) electrons. The second-order valence-electron chi connectivity index (χ2n) is 6.16. The van der Waals surface area contributed by atoms with E-state index in [9.17, 15) is 9.59 Å². The second-order valence-corrected chi connectivity index (χ2v) is 6.16. The van der Waals surface area contributed by atoms with Crippen LogP contribution in [0.15, 0.2) is 42.5 Å². The predicted octanol–water partition coefficient (Wildman–Crippen LogP) is 3.07. The van der Waals surface area contributed by atoms with Crippen molar-refractivity contribution in [2.24, 2.45) is 0 Å². The zero-order chi connectivity index (χ0) is 19.8. The Bertz CT molecular complexity index is 805. The average Bonchev–Trinajstić information content (AvgIpc) is 2.67. The summed E-state index contributed by atoms with van der Waals surface area (Å²) in [6, 6.07) is 13.1. The maximum atomic E-state index is 12.2. The van der Waals surface area contributed by atoms with Crippen molar-refractivity contribution in [2.45, 2.75) is 26.8 Å². The molecule has 144 valence electrons. The van der Waals surface area contributed by atoms with Crippen LogP contribution in [0.25, 0.3) is 0 Å². The molecule has 2 amide bonds. The molecule has 27 heavy (non-hydrogen) atoms. The minimum atomic E-state index is -0.145. The van der Waals surface area contributed by atoms with Crippen LogP contribution in [0.5, 0.6) is 11.5 Å². The van der Waals surface area contributed by atoms with Crippen molar-refractivity contribution < 1.29 is 19.1 Å². The highest BCUT2D eigenvalue weighted by atomic mass is 16.5. The first kappa shape index (κ1) is 20.3. The Morgan fingerprint density at radius 1 is 1.04 bits per heavy atom. The van der Waals surface area contributed by atoms with Crippen molar-refractivity contribution in [1.82, 2.24) is 5.32 Å². The van der Waals surface area contributed by atoms with Crippen LogP contribution in [0, 0.1) is 6.92 Å². The van der Waals surface area contributed by atoms with Gasteiger partial charge in [-0.05, 0) is 30.2 Å². The summed E-state index contributed by atoms with van der Waals surface area (Å²) in [5, 5.41) is 2.90. The fourth-order valence-electron chi connectivity index (χ4n) is 2.77. The summed E-state index contributed by atoms with van der Waals surface area (Å²) in [5.41, 5.74) is 2.87. The third-order valence-corrected chi connectivity index (χ3v) is 4.36. The highest BCUT2D eigenvalue weighted by molar-refractivity contribution is 5.92. The lowest BCUT2D eigenvalue weighted by atomic mass is 10.1. The molecule has 0 bridgehead atoms. The summed E-state index contributed by atoms with van der Waals surface area (Å²) in [6.07, 6.45) is 0.208. The average molecular weight is 370 g/mol. The summed E-state index contributed by atoms with van der Waals surface area (Å²) < 4.78 is 10.5. The number of carbonyl (C=O) groups excluding carboxylic acids is 2. The van der Waals surface area contributed by atoms with Gasteiger partial charge in [-0.2, -0.15) is 0 Å². The quantitative estimate of drug-likeness (QED) is 0.775. The molecule has 0 saturated carbocycles. The van der Waals surface area contributed by atoms with E-state index in [1.165, 1.54) is 6.92 Å². The number of amides is 2. The van der Waals surface area contributed by atoms with E-state index in [2.05, 4.69) is 5.32 Å². The van der Waals surface area contributed by atoms with Crippen LogP contribution in [0.3, 0.4) is 0 Å². The Balaban J connectivity index is 1.99. The predicted molar refractivity (Wildman–Crippen MR) is 105 cm³/mol. The highest BCUT2D eigenvalue weighted by Crippen LogP contribution is 2.31. The van der Waals surface area contributed by atoms with Crippen molar-refractivity contribution in [1.29, 1.82) is 0 Å². The van der Waals surface area contributed by atoms with E-state index in [1.54, 1.807) is 37.3 Å². The standard InChI is InChI=1S/C21H26N2O4/c1-15-7-5-6-8-17(15)14-22-21(25)11-12-23(16(2)24)18-9-10-19(26-3)20(13-18)27-4/h5-10,13H,11-12,14H2,1-4H3,(H,22,25). The van der Waals surface area contributed by atoms with E-state index in [1.807, 2.05) is 31.2 Å². The molecule has 0 aromatic heterocycles. The lowest BCUT2D eigenvalue weighted by Gasteiger charge is -2.22. The molecule has 0 heterocycles. The summed E-state index contributed by atoms with van der Waals surface area (Å²) in [7, 11) is 3.10. The first-order chi connectivity index (χ1) is 13.0. The molecular formula is C21H26N2O4. The number of hydrogen-bond donors (Lipinski definition) is 1. The van der Waals surface area contributed by atoms with Gasteiger partial charge >= 0.3 is 0 Å². The first-order valence-electron chi connectivity index (χ1n) is 8.77. The van der Waals surface area contributed by atoms with Crippen molar-refractivity contribution in [3.05, 3.63) is 53.6 Å². The second kappa shape index (κ2) is 9.62. The van der Waals surface area contributed by atoms with Crippen LogP contribution in [-0.4, -0.2) is 32.6 Å². The Morgan fingerprint density at radius 3 is 2.37 bits per heavy atom. The summed E-state index contributed by atoms with van der Waals surface area (Å²) in [4.78, 5) is 25.8. The maximum Gasteiger partial charge on any atom is 0.223 e. The van der Waals surface area contributed by atoms with Gasteiger partial charge in [-0.3, -0.25) is 9.59 Å². The molecule has 2 rings (SSSR count). The number of anilines is 1. The minimum Gasteiger partial charge on any atom is -0.493 e. The number of aryl methyl sites for hydroxylation is 1. The lowest BCUT2D eigenvalue weighted by molar-refractivity contribution is -0.121. The fourth-order valence-corrected chi connectivity index (χ4v) is 2.77. The number of hydrogen-bond acceptors (Lipinski definition) is 4. The number of benzene rings is 2. The van der Waals surface area contributed by atoms with Gasteiger partial charge in [0.15, 0.2) is 11.5 Å². The number of rotatable bonds is 8. The molecule has 0 aliphatic rings. The molecule has 2 aromatic carbocycles. The van der Waals surface area contributed by atoms with E-state index >= 15 is 0 Å². The summed E-state index contributed by atoms with van der Waals surface area (Å²) in [6.45, 7) is 4.24.